The van der Waals surface area contributed by atoms with E-state index in [1.807, 2.05) is 13.8 Å². The zero-order valence-corrected chi connectivity index (χ0v) is 15.6. The van der Waals surface area contributed by atoms with Crippen LogP contribution in [0, 0.1) is 13.8 Å². The number of amides is 1. The highest BCUT2D eigenvalue weighted by Crippen LogP contribution is 2.19. The Kier molecular flexibility index (Phi) is 6.97. The number of carbonyl (C=O) groups is 3. The van der Waals surface area contributed by atoms with E-state index in [0.29, 0.717) is 17.0 Å². The van der Waals surface area contributed by atoms with E-state index in [1.54, 1.807) is 24.3 Å². The Morgan fingerprint density at radius 1 is 1.23 bits per heavy atom. The van der Waals surface area contributed by atoms with Crippen LogP contribution >= 0.6 is 11.8 Å². The molecule has 1 amide bonds. The van der Waals surface area contributed by atoms with Gasteiger partial charge in [-0.05, 0) is 32.9 Å². The molecule has 7 nitrogen and oxygen atoms in total. The van der Waals surface area contributed by atoms with Crippen LogP contribution in [-0.2, 0) is 20.1 Å². The molecule has 8 heteroatoms. The fourth-order valence-electron chi connectivity index (χ4n) is 2.22. The van der Waals surface area contributed by atoms with E-state index in [2.05, 4.69) is 10.5 Å². The summed E-state index contributed by atoms with van der Waals surface area (Å²) in [6.07, 6.45) is 0. The second kappa shape index (κ2) is 9.19. The Bertz CT molecular complexity index is 796. The number of aromatic nitrogens is 1. The van der Waals surface area contributed by atoms with Crippen LogP contribution in [0.2, 0.25) is 0 Å². The van der Waals surface area contributed by atoms with Crippen molar-refractivity contribution < 1.29 is 23.6 Å². The third-order valence-corrected chi connectivity index (χ3v) is 4.52. The van der Waals surface area contributed by atoms with Gasteiger partial charge in [0.05, 0.1) is 17.1 Å². The summed E-state index contributed by atoms with van der Waals surface area (Å²) < 4.78 is 10.0. The number of benzene rings is 1. The van der Waals surface area contributed by atoms with E-state index < -0.39 is 18.5 Å². The van der Waals surface area contributed by atoms with E-state index in [1.165, 1.54) is 18.7 Å². The van der Waals surface area contributed by atoms with E-state index in [4.69, 9.17) is 9.26 Å². The van der Waals surface area contributed by atoms with Crippen LogP contribution in [-0.4, -0.2) is 35.2 Å². The minimum atomic E-state index is -0.497. The minimum Gasteiger partial charge on any atom is -0.455 e. The summed E-state index contributed by atoms with van der Waals surface area (Å²) in [6, 6.07) is 6.66. The third-order valence-electron chi connectivity index (χ3n) is 3.59. The van der Waals surface area contributed by atoms with Gasteiger partial charge in [-0.1, -0.05) is 17.3 Å². The van der Waals surface area contributed by atoms with Crippen LogP contribution in [0.25, 0.3) is 0 Å². The highest BCUT2D eigenvalue weighted by atomic mass is 32.2. The Morgan fingerprint density at radius 3 is 2.62 bits per heavy atom. The van der Waals surface area contributed by atoms with Gasteiger partial charge in [-0.3, -0.25) is 14.4 Å². The Morgan fingerprint density at radius 2 is 1.96 bits per heavy atom. The van der Waals surface area contributed by atoms with E-state index in [9.17, 15) is 14.4 Å². The highest BCUT2D eigenvalue weighted by Gasteiger charge is 2.13. The summed E-state index contributed by atoms with van der Waals surface area (Å²) in [7, 11) is 0. The van der Waals surface area contributed by atoms with Gasteiger partial charge in [-0.25, -0.2) is 0 Å². The predicted octanol–water partition coefficient (Wildman–Crippen LogP) is 2.91. The second-order valence-electron chi connectivity index (χ2n) is 5.61. The molecule has 0 aliphatic carbocycles. The van der Waals surface area contributed by atoms with Gasteiger partial charge < -0.3 is 14.6 Å². The lowest BCUT2D eigenvalue weighted by Gasteiger charge is -2.09. The molecule has 0 aliphatic heterocycles. The molecular weight excluding hydrogens is 356 g/mol. The zero-order valence-electron chi connectivity index (χ0n) is 14.8. The number of hydrogen-bond donors (Lipinski definition) is 1. The molecule has 0 aliphatic rings. The first-order chi connectivity index (χ1) is 12.4. The number of carbonyl (C=O) groups excluding carboxylic acids is 3. The van der Waals surface area contributed by atoms with Crippen LogP contribution in [0.1, 0.15) is 34.3 Å². The molecule has 0 fully saturated rings. The van der Waals surface area contributed by atoms with Crippen molar-refractivity contribution in [1.29, 1.82) is 0 Å². The van der Waals surface area contributed by atoms with Crippen molar-refractivity contribution >= 4 is 35.1 Å². The summed E-state index contributed by atoms with van der Waals surface area (Å²) in [5, 5.41) is 6.43. The van der Waals surface area contributed by atoms with Gasteiger partial charge in [0.2, 0.25) is 0 Å². The van der Waals surface area contributed by atoms with Gasteiger partial charge in [0, 0.05) is 16.9 Å². The SMILES string of the molecule is CC(=O)c1ccccc1NC(=O)COC(=O)CSCc1c(C)noc1C. The van der Waals surface area contributed by atoms with E-state index in [0.717, 1.165) is 17.0 Å². The molecule has 2 rings (SSSR count). The van der Waals surface area contributed by atoms with Gasteiger partial charge in [0.1, 0.15) is 5.76 Å². The number of hydrogen-bond acceptors (Lipinski definition) is 7. The molecule has 0 unspecified atom stereocenters. The number of ether oxygens (including phenoxy) is 1. The number of ketones is 1. The van der Waals surface area contributed by atoms with Crippen molar-refractivity contribution in [1.82, 2.24) is 5.16 Å². The molecular formula is C18H20N2O5S. The molecule has 0 atom stereocenters. The van der Waals surface area contributed by atoms with Crippen molar-refractivity contribution in [2.75, 3.05) is 17.7 Å². The second-order valence-corrected chi connectivity index (χ2v) is 6.59. The van der Waals surface area contributed by atoms with Gasteiger partial charge in [-0.2, -0.15) is 0 Å². The normalized spacial score (nSPS) is 10.4. The molecule has 0 bridgehead atoms. The summed E-state index contributed by atoms with van der Waals surface area (Å²) in [4.78, 5) is 35.2. The van der Waals surface area contributed by atoms with E-state index >= 15 is 0 Å². The average Bonchev–Trinajstić information content (AvgIpc) is 2.92. The number of anilines is 1. The fraction of sp³-hybridized carbons (Fsp3) is 0.333. The number of aryl methyl sites for hydroxylation is 2. The van der Waals surface area contributed by atoms with Crippen LogP contribution in [0.5, 0.6) is 0 Å². The molecule has 1 heterocycles. The Labute approximate surface area is 155 Å². The van der Waals surface area contributed by atoms with Gasteiger partial charge in [0.25, 0.3) is 5.91 Å². The van der Waals surface area contributed by atoms with Crippen molar-refractivity contribution in [2.45, 2.75) is 26.5 Å². The molecule has 2 aromatic rings. The molecule has 1 N–H and O–H groups in total. The molecule has 0 radical (unpaired) electrons. The number of para-hydroxylation sites is 1. The van der Waals surface area contributed by atoms with Gasteiger partial charge in [0.15, 0.2) is 12.4 Å². The number of esters is 1. The van der Waals surface area contributed by atoms with Crippen LogP contribution in [0.15, 0.2) is 28.8 Å². The third kappa shape index (κ3) is 5.45. The molecule has 1 aromatic carbocycles. The average molecular weight is 376 g/mol. The number of nitrogens with zero attached hydrogens (tertiary/aromatic N) is 1. The summed E-state index contributed by atoms with van der Waals surface area (Å²) in [5.41, 5.74) is 2.56. The quantitative estimate of drug-likeness (QED) is 0.559. The maximum absolute atomic E-state index is 11.9. The number of rotatable bonds is 8. The summed E-state index contributed by atoms with van der Waals surface area (Å²) in [6.45, 7) is 4.67. The molecule has 0 saturated heterocycles. The molecule has 1 aromatic heterocycles. The topological polar surface area (TPSA) is 98.5 Å². The predicted molar refractivity (Wildman–Crippen MR) is 98.2 cm³/mol. The van der Waals surface area contributed by atoms with Crippen molar-refractivity contribution in [3.63, 3.8) is 0 Å². The Balaban J connectivity index is 1.75. The van der Waals surface area contributed by atoms with E-state index in [-0.39, 0.29) is 11.5 Å². The lowest BCUT2D eigenvalue weighted by Crippen LogP contribution is -2.22. The standard InChI is InChI=1S/C18H20N2O5S/c1-11-15(13(3)25-20-11)9-26-10-18(23)24-8-17(22)19-16-7-5-4-6-14(16)12(2)21/h4-7H,8-10H2,1-3H3,(H,19,22). The van der Waals surface area contributed by atoms with Crippen molar-refractivity contribution in [3.8, 4) is 0 Å². The first-order valence-corrected chi connectivity index (χ1v) is 9.09. The summed E-state index contributed by atoms with van der Waals surface area (Å²) >= 11 is 1.36. The maximum Gasteiger partial charge on any atom is 0.316 e. The fourth-order valence-corrected chi connectivity index (χ4v) is 3.19. The van der Waals surface area contributed by atoms with Gasteiger partial charge >= 0.3 is 5.97 Å². The van der Waals surface area contributed by atoms with Crippen molar-refractivity contribution in [2.24, 2.45) is 0 Å². The molecule has 0 spiro atoms. The lowest BCUT2D eigenvalue weighted by molar-refractivity contribution is -0.144. The summed E-state index contributed by atoms with van der Waals surface area (Å²) in [5.74, 6) is 0.274. The van der Waals surface area contributed by atoms with Crippen LogP contribution < -0.4 is 5.32 Å². The first-order valence-electron chi connectivity index (χ1n) is 7.93. The number of Topliss-reactive ketones (excluding diaryl/α,β-unsaturated/α-hetero) is 1. The number of nitrogens with one attached hydrogen (secondary N) is 1. The maximum atomic E-state index is 11.9. The Hall–Kier alpha value is -2.61. The number of thioether (sulfide) groups is 1. The minimum absolute atomic E-state index is 0.112. The molecule has 138 valence electrons. The zero-order chi connectivity index (χ0) is 19.1. The van der Waals surface area contributed by atoms with Crippen molar-refractivity contribution in [3.05, 3.63) is 46.8 Å². The van der Waals surface area contributed by atoms with Gasteiger partial charge in [-0.15, -0.1) is 11.8 Å². The largest absolute Gasteiger partial charge is 0.455 e. The molecule has 0 saturated carbocycles. The lowest BCUT2D eigenvalue weighted by atomic mass is 10.1. The van der Waals surface area contributed by atoms with Crippen LogP contribution in [0.3, 0.4) is 0 Å². The van der Waals surface area contributed by atoms with Crippen LogP contribution in [0.4, 0.5) is 5.69 Å². The molecule has 26 heavy (non-hydrogen) atoms. The highest BCUT2D eigenvalue weighted by molar-refractivity contribution is 7.99. The first kappa shape index (κ1) is 19.7. The monoisotopic (exact) mass is 376 g/mol. The smallest absolute Gasteiger partial charge is 0.316 e.